The Morgan fingerprint density at radius 1 is 1.16 bits per heavy atom. The molecule has 6 rings (SSSR count). The van der Waals surface area contributed by atoms with Crippen molar-refractivity contribution in [1.82, 2.24) is 9.97 Å². The molecule has 4 aliphatic rings. The molecule has 12 heteroatoms. The van der Waals surface area contributed by atoms with Crippen molar-refractivity contribution in [2.24, 2.45) is 22.6 Å². The summed E-state index contributed by atoms with van der Waals surface area (Å²) in [6, 6.07) is 6.49. The fourth-order valence-corrected chi connectivity index (χ4v) is 5.19. The normalized spacial score (nSPS) is 28.1. The van der Waals surface area contributed by atoms with E-state index < -0.39 is 17.7 Å². The van der Waals surface area contributed by atoms with Crippen molar-refractivity contribution in [2.45, 2.75) is 56.0 Å². The lowest BCUT2D eigenvalue weighted by atomic mass is 9.67. The van der Waals surface area contributed by atoms with Crippen LogP contribution in [-0.2, 0) is 19.8 Å². The summed E-state index contributed by atoms with van der Waals surface area (Å²) in [7, 11) is 0. The molecule has 2 aliphatic heterocycles. The van der Waals surface area contributed by atoms with Gasteiger partial charge in [0.05, 0.1) is 6.10 Å². The predicted octanol–water partition coefficient (Wildman–Crippen LogP) is 3.67. The molecule has 2 saturated carbocycles. The van der Waals surface area contributed by atoms with Crippen molar-refractivity contribution >= 4 is 12.0 Å². The Kier molecular flexibility index (Phi) is 6.69. The number of amidine groups is 1. The number of ether oxygens (including phenoxy) is 3. The highest BCUT2D eigenvalue weighted by Gasteiger charge is 2.55. The molecular weight excluding hydrogens is 493 g/mol. The number of benzene rings is 1. The first-order chi connectivity index (χ1) is 17.7. The molecule has 0 amide bonds. The number of rotatable bonds is 4. The van der Waals surface area contributed by atoms with Gasteiger partial charge < -0.3 is 25.1 Å². The molecule has 0 unspecified atom stereocenters. The number of aromatic nitrogens is 2. The first kappa shape index (κ1) is 25.2. The van der Waals surface area contributed by atoms with Gasteiger partial charge in [0.15, 0.2) is 0 Å². The van der Waals surface area contributed by atoms with Crippen molar-refractivity contribution in [3.8, 4) is 16.9 Å². The van der Waals surface area contributed by atoms with Crippen LogP contribution in [-0.4, -0.2) is 58.7 Å². The van der Waals surface area contributed by atoms with E-state index in [1.54, 1.807) is 0 Å². The number of aliphatic imine (C=N–C) groups is 1. The van der Waals surface area contributed by atoms with Gasteiger partial charge in [-0.05, 0) is 55.7 Å². The molecule has 0 radical (unpaired) electrons. The van der Waals surface area contributed by atoms with Crippen LogP contribution >= 0.6 is 0 Å². The minimum Gasteiger partial charge on any atom is -0.490 e. The van der Waals surface area contributed by atoms with Crippen LogP contribution < -0.4 is 10.5 Å². The Balaban J connectivity index is 0.000000355. The van der Waals surface area contributed by atoms with Crippen LogP contribution in [0.2, 0.25) is 0 Å². The van der Waals surface area contributed by atoms with Crippen molar-refractivity contribution < 1.29 is 37.3 Å². The highest BCUT2D eigenvalue weighted by Crippen LogP contribution is 2.53. The smallest absolute Gasteiger partial charge is 0.490 e. The summed E-state index contributed by atoms with van der Waals surface area (Å²) in [5.74, 6) is -0.950. The Morgan fingerprint density at radius 2 is 1.89 bits per heavy atom. The number of alkyl halides is 3. The number of carbonyl (C=O) groups is 1. The summed E-state index contributed by atoms with van der Waals surface area (Å²) in [5, 5.41) is 7.12. The van der Waals surface area contributed by atoms with E-state index in [0.717, 1.165) is 54.2 Å². The van der Waals surface area contributed by atoms with Crippen LogP contribution in [0.25, 0.3) is 11.1 Å². The zero-order valence-electron chi connectivity index (χ0n) is 19.9. The monoisotopic (exact) mass is 520 g/mol. The SMILES string of the molecule is NC1=N[C@@]2(CO1)c1cc(-c3cncnc3)ccc1O[C@H]1CC[C@H](OCC3CC3)C[C@@H]12.O=C(O)C(F)(F)F. The zero-order valence-corrected chi connectivity index (χ0v) is 19.9. The summed E-state index contributed by atoms with van der Waals surface area (Å²) in [4.78, 5) is 22.1. The summed E-state index contributed by atoms with van der Waals surface area (Å²) >= 11 is 0. The average molecular weight is 521 g/mol. The third-order valence-electron chi connectivity index (χ3n) is 7.23. The largest absolute Gasteiger partial charge is 0.490 e. The number of aliphatic carboxylic acids is 1. The molecule has 1 aromatic heterocycles. The molecule has 4 atom stereocenters. The van der Waals surface area contributed by atoms with Crippen LogP contribution in [0.5, 0.6) is 5.75 Å². The molecule has 2 aromatic rings. The number of fused-ring (bicyclic) bond motifs is 4. The Hall–Kier alpha value is -3.41. The van der Waals surface area contributed by atoms with E-state index in [1.807, 2.05) is 18.5 Å². The molecule has 1 aromatic carbocycles. The van der Waals surface area contributed by atoms with Gasteiger partial charge in [-0.2, -0.15) is 13.2 Å². The van der Waals surface area contributed by atoms with Gasteiger partial charge in [0.2, 0.25) is 0 Å². The first-order valence-electron chi connectivity index (χ1n) is 12.1. The Morgan fingerprint density at radius 3 is 2.51 bits per heavy atom. The molecule has 198 valence electrons. The van der Waals surface area contributed by atoms with Crippen LogP contribution in [0.4, 0.5) is 13.2 Å². The van der Waals surface area contributed by atoms with Crippen LogP contribution in [0.3, 0.4) is 0 Å². The van der Waals surface area contributed by atoms with Crippen LogP contribution in [0.1, 0.15) is 37.7 Å². The summed E-state index contributed by atoms with van der Waals surface area (Å²) in [5.41, 5.74) is 8.55. The minimum atomic E-state index is -5.08. The number of carboxylic acid groups (broad SMARTS) is 1. The van der Waals surface area contributed by atoms with Crippen molar-refractivity contribution in [2.75, 3.05) is 13.2 Å². The van der Waals surface area contributed by atoms with E-state index in [9.17, 15) is 13.2 Å². The number of halogens is 3. The van der Waals surface area contributed by atoms with E-state index in [-0.39, 0.29) is 24.1 Å². The van der Waals surface area contributed by atoms with Crippen LogP contribution in [0, 0.1) is 11.8 Å². The second-order valence-corrected chi connectivity index (χ2v) is 9.78. The standard InChI is InChI=1S/C23H26N4O3.C2HF3O2/c24-22-27-23(12-29-22)18-7-15(16-9-25-13-26-10-16)3-5-20(18)30-21-6-4-17(8-19(21)23)28-11-14-1-2-14;3-2(4,5)1(6)7/h3,5,7,9-10,13-14,17,19,21H,1-2,4,6,8,11-12H2,(H2,24,27);(H,6,7)/t17-,19-,21-,23-;/m0./s1. The van der Waals surface area contributed by atoms with Gasteiger partial charge in [-0.3, -0.25) is 0 Å². The second-order valence-electron chi connectivity index (χ2n) is 9.78. The van der Waals surface area contributed by atoms with Crippen molar-refractivity contribution in [3.63, 3.8) is 0 Å². The summed E-state index contributed by atoms with van der Waals surface area (Å²) in [6.45, 7) is 1.33. The molecule has 1 spiro atoms. The molecule has 3 heterocycles. The number of hydrogen-bond acceptors (Lipinski definition) is 8. The fraction of sp³-hybridized carbons (Fsp3) is 0.520. The minimum absolute atomic E-state index is 0.0995. The van der Waals surface area contributed by atoms with E-state index >= 15 is 0 Å². The Bertz CT molecular complexity index is 1170. The fourth-order valence-electron chi connectivity index (χ4n) is 5.19. The second kappa shape index (κ2) is 9.81. The number of carboxylic acids is 1. The number of hydrogen-bond donors (Lipinski definition) is 2. The van der Waals surface area contributed by atoms with Crippen molar-refractivity contribution in [1.29, 1.82) is 0 Å². The molecule has 0 saturated heterocycles. The molecule has 2 fully saturated rings. The highest BCUT2D eigenvalue weighted by molar-refractivity contribution is 5.75. The zero-order chi connectivity index (χ0) is 26.2. The molecule has 2 aliphatic carbocycles. The Labute approximate surface area is 210 Å². The van der Waals surface area contributed by atoms with E-state index in [2.05, 4.69) is 22.1 Å². The average Bonchev–Trinajstić information content (AvgIpc) is 3.64. The quantitative estimate of drug-likeness (QED) is 0.625. The molecule has 0 bridgehead atoms. The maximum atomic E-state index is 10.6. The lowest BCUT2D eigenvalue weighted by molar-refractivity contribution is -0.192. The number of nitrogens with zero attached hydrogens (tertiary/aromatic N) is 3. The van der Waals surface area contributed by atoms with E-state index in [4.69, 9.17) is 34.8 Å². The van der Waals surface area contributed by atoms with E-state index in [1.165, 1.54) is 19.2 Å². The van der Waals surface area contributed by atoms with Gasteiger partial charge in [0.1, 0.15) is 30.3 Å². The third-order valence-corrected chi connectivity index (χ3v) is 7.23. The van der Waals surface area contributed by atoms with Gasteiger partial charge in [-0.1, -0.05) is 6.07 Å². The molecular formula is C25H27F3N4O5. The van der Waals surface area contributed by atoms with Gasteiger partial charge >= 0.3 is 12.1 Å². The maximum Gasteiger partial charge on any atom is 0.490 e. The van der Waals surface area contributed by atoms with Crippen LogP contribution in [0.15, 0.2) is 41.9 Å². The summed E-state index contributed by atoms with van der Waals surface area (Å²) < 4.78 is 50.2. The molecule has 3 N–H and O–H groups in total. The predicted molar refractivity (Wildman–Crippen MR) is 125 cm³/mol. The maximum absolute atomic E-state index is 10.6. The van der Waals surface area contributed by atoms with E-state index in [0.29, 0.717) is 6.61 Å². The van der Waals surface area contributed by atoms with Gasteiger partial charge in [-0.15, -0.1) is 0 Å². The van der Waals surface area contributed by atoms with Gasteiger partial charge in [-0.25, -0.2) is 19.8 Å². The lowest BCUT2D eigenvalue weighted by Crippen LogP contribution is -2.52. The van der Waals surface area contributed by atoms with Crippen molar-refractivity contribution in [3.05, 3.63) is 42.5 Å². The topological polar surface area (TPSA) is 129 Å². The lowest BCUT2D eigenvalue weighted by Gasteiger charge is -2.48. The number of nitrogens with two attached hydrogens (primary N) is 1. The van der Waals surface area contributed by atoms with Gasteiger partial charge in [0.25, 0.3) is 6.02 Å². The molecule has 37 heavy (non-hydrogen) atoms. The summed E-state index contributed by atoms with van der Waals surface area (Å²) in [6.07, 6.45) is 5.95. The van der Waals surface area contributed by atoms with Gasteiger partial charge in [0, 0.05) is 36.0 Å². The first-order valence-corrected chi connectivity index (χ1v) is 12.1. The highest BCUT2D eigenvalue weighted by atomic mass is 19.4. The third kappa shape index (κ3) is 5.34. The molecule has 9 nitrogen and oxygen atoms in total.